The maximum atomic E-state index is 11.8. The van der Waals surface area contributed by atoms with Gasteiger partial charge in [0.1, 0.15) is 0 Å². The van der Waals surface area contributed by atoms with Gasteiger partial charge in [0.05, 0.1) is 5.56 Å². The second kappa shape index (κ2) is 5.66. The molecule has 0 radical (unpaired) electrons. The van der Waals surface area contributed by atoms with Crippen LogP contribution >= 0.6 is 11.8 Å². The molecule has 0 atom stereocenters. The number of carbonyl (C=O) groups is 1. The third kappa shape index (κ3) is 3.16. The minimum Gasteiger partial charge on any atom is -0.398 e. The molecule has 4 heteroatoms. The molecule has 1 rings (SSSR count). The highest BCUT2D eigenvalue weighted by molar-refractivity contribution is 7.98. The van der Waals surface area contributed by atoms with Crippen LogP contribution in [0.2, 0.25) is 0 Å². The van der Waals surface area contributed by atoms with E-state index >= 15 is 0 Å². The van der Waals surface area contributed by atoms with Gasteiger partial charge in [-0.1, -0.05) is 12.1 Å². The molecule has 3 N–H and O–H groups in total. The summed E-state index contributed by atoms with van der Waals surface area (Å²) >= 11 is 1.70. The van der Waals surface area contributed by atoms with Crippen LogP contribution in [0.25, 0.3) is 0 Å². The molecule has 1 aromatic rings. The maximum Gasteiger partial charge on any atom is 0.253 e. The van der Waals surface area contributed by atoms with Gasteiger partial charge in [-0.25, -0.2) is 0 Å². The van der Waals surface area contributed by atoms with Crippen molar-refractivity contribution in [3.05, 3.63) is 29.3 Å². The molecule has 82 valence electrons. The van der Waals surface area contributed by atoms with Crippen molar-refractivity contribution in [2.75, 3.05) is 24.3 Å². The number of nitrogens with one attached hydrogen (secondary N) is 1. The number of benzene rings is 1. The number of aryl methyl sites for hydroxylation is 1. The van der Waals surface area contributed by atoms with Crippen molar-refractivity contribution < 1.29 is 4.79 Å². The summed E-state index contributed by atoms with van der Waals surface area (Å²) in [6, 6.07) is 5.49. The largest absolute Gasteiger partial charge is 0.398 e. The summed E-state index contributed by atoms with van der Waals surface area (Å²) in [6.45, 7) is 2.56. The van der Waals surface area contributed by atoms with E-state index in [4.69, 9.17) is 5.73 Å². The molecule has 0 aliphatic carbocycles. The van der Waals surface area contributed by atoms with Crippen molar-refractivity contribution in [1.82, 2.24) is 5.32 Å². The van der Waals surface area contributed by atoms with E-state index in [9.17, 15) is 4.79 Å². The summed E-state index contributed by atoms with van der Waals surface area (Å²) in [6.07, 6.45) is 2.01. The van der Waals surface area contributed by atoms with Crippen molar-refractivity contribution >= 4 is 23.4 Å². The Morgan fingerprint density at radius 2 is 2.27 bits per heavy atom. The molecule has 0 aliphatic heterocycles. The molecule has 0 fully saturated rings. The highest BCUT2D eigenvalue weighted by atomic mass is 32.2. The molecular weight excluding hydrogens is 208 g/mol. The first kappa shape index (κ1) is 11.9. The van der Waals surface area contributed by atoms with Crippen LogP contribution in [0, 0.1) is 6.92 Å². The SMILES string of the molecule is CSCCNC(=O)c1c(C)cccc1N. The Hall–Kier alpha value is -1.16. The van der Waals surface area contributed by atoms with Crippen molar-refractivity contribution in [3.8, 4) is 0 Å². The fourth-order valence-electron chi connectivity index (χ4n) is 1.36. The molecule has 3 nitrogen and oxygen atoms in total. The van der Waals surface area contributed by atoms with Crippen LogP contribution in [-0.2, 0) is 0 Å². The lowest BCUT2D eigenvalue weighted by Crippen LogP contribution is -2.27. The van der Waals surface area contributed by atoms with Gasteiger partial charge in [0, 0.05) is 18.0 Å². The Bertz CT molecular complexity index is 332. The van der Waals surface area contributed by atoms with Gasteiger partial charge in [-0.15, -0.1) is 0 Å². The van der Waals surface area contributed by atoms with E-state index in [1.54, 1.807) is 17.8 Å². The van der Waals surface area contributed by atoms with E-state index in [1.165, 1.54) is 0 Å². The summed E-state index contributed by atoms with van der Waals surface area (Å²) in [4.78, 5) is 11.8. The first-order valence-electron chi connectivity index (χ1n) is 4.79. The molecule has 0 aromatic heterocycles. The van der Waals surface area contributed by atoms with Crippen molar-refractivity contribution in [1.29, 1.82) is 0 Å². The normalized spacial score (nSPS) is 10.0. The molecule has 0 unspecified atom stereocenters. The quantitative estimate of drug-likeness (QED) is 0.604. The van der Waals surface area contributed by atoms with Gasteiger partial charge in [0.2, 0.25) is 0 Å². The van der Waals surface area contributed by atoms with Crippen molar-refractivity contribution in [3.63, 3.8) is 0 Å². The number of amides is 1. The van der Waals surface area contributed by atoms with E-state index in [-0.39, 0.29) is 5.91 Å². The third-order valence-corrected chi connectivity index (χ3v) is 2.74. The first-order chi connectivity index (χ1) is 7.16. The molecule has 1 amide bonds. The summed E-state index contributed by atoms with van der Waals surface area (Å²) in [7, 11) is 0. The molecule has 15 heavy (non-hydrogen) atoms. The molecule has 0 heterocycles. The van der Waals surface area contributed by atoms with Crippen molar-refractivity contribution in [2.24, 2.45) is 0 Å². The van der Waals surface area contributed by atoms with Gasteiger partial charge in [-0.2, -0.15) is 11.8 Å². The van der Waals surface area contributed by atoms with Crippen LogP contribution in [-0.4, -0.2) is 24.5 Å². The zero-order chi connectivity index (χ0) is 11.3. The fraction of sp³-hybridized carbons (Fsp3) is 0.364. The lowest BCUT2D eigenvalue weighted by atomic mass is 10.1. The van der Waals surface area contributed by atoms with Gasteiger partial charge >= 0.3 is 0 Å². The standard InChI is InChI=1S/C11H16N2OS/c1-8-4-3-5-9(12)10(8)11(14)13-6-7-15-2/h3-5H,6-7,12H2,1-2H3,(H,13,14). The summed E-state index contributed by atoms with van der Waals surface area (Å²) in [5.41, 5.74) is 7.81. The van der Waals surface area contributed by atoms with E-state index in [2.05, 4.69) is 5.32 Å². The molecule has 0 saturated heterocycles. The lowest BCUT2D eigenvalue weighted by molar-refractivity contribution is 0.0956. The Labute approximate surface area is 94.4 Å². The number of hydrogen-bond donors (Lipinski definition) is 2. The van der Waals surface area contributed by atoms with Crippen LogP contribution in [0.1, 0.15) is 15.9 Å². The predicted molar refractivity (Wildman–Crippen MR) is 66.3 cm³/mol. The number of rotatable bonds is 4. The van der Waals surface area contributed by atoms with E-state index < -0.39 is 0 Å². The van der Waals surface area contributed by atoms with Gasteiger partial charge in [-0.3, -0.25) is 4.79 Å². The number of nitrogen functional groups attached to an aromatic ring is 1. The number of anilines is 1. The van der Waals surface area contributed by atoms with Crippen LogP contribution < -0.4 is 11.1 Å². The molecule has 0 spiro atoms. The highest BCUT2D eigenvalue weighted by Gasteiger charge is 2.11. The second-order valence-corrected chi connectivity index (χ2v) is 4.27. The van der Waals surface area contributed by atoms with Crippen LogP contribution in [0.15, 0.2) is 18.2 Å². The number of carbonyl (C=O) groups excluding carboxylic acids is 1. The monoisotopic (exact) mass is 224 g/mol. The Balaban J connectivity index is 2.73. The van der Waals surface area contributed by atoms with E-state index in [0.29, 0.717) is 17.8 Å². The molecule has 0 saturated carbocycles. The van der Waals surface area contributed by atoms with Crippen molar-refractivity contribution in [2.45, 2.75) is 6.92 Å². The van der Waals surface area contributed by atoms with E-state index in [0.717, 1.165) is 11.3 Å². The molecule has 0 bridgehead atoms. The van der Waals surface area contributed by atoms with Crippen LogP contribution in [0.5, 0.6) is 0 Å². The third-order valence-electron chi connectivity index (χ3n) is 2.12. The topological polar surface area (TPSA) is 55.1 Å². The number of hydrogen-bond acceptors (Lipinski definition) is 3. The Morgan fingerprint density at radius 3 is 2.87 bits per heavy atom. The lowest BCUT2D eigenvalue weighted by Gasteiger charge is -2.09. The van der Waals surface area contributed by atoms with Crippen LogP contribution in [0.4, 0.5) is 5.69 Å². The van der Waals surface area contributed by atoms with Gasteiger partial charge in [0.25, 0.3) is 5.91 Å². The second-order valence-electron chi connectivity index (χ2n) is 3.29. The van der Waals surface area contributed by atoms with Gasteiger partial charge in [0.15, 0.2) is 0 Å². The smallest absolute Gasteiger partial charge is 0.253 e. The minimum atomic E-state index is -0.0837. The first-order valence-corrected chi connectivity index (χ1v) is 6.18. The Morgan fingerprint density at radius 1 is 1.53 bits per heavy atom. The average molecular weight is 224 g/mol. The summed E-state index contributed by atoms with van der Waals surface area (Å²) in [5.74, 6) is 0.831. The Kier molecular flexibility index (Phi) is 4.49. The number of thioether (sulfide) groups is 1. The minimum absolute atomic E-state index is 0.0837. The fourth-order valence-corrected chi connectivity index (χ4v) is 1.66. The van der Waals surface area contributed by atoms with Gasteiger partial charge in [-0.05, 0) is 24.8 Å². The van der Waals surface area contributed by atoms with Gasteiger partial charge < -0.3 is 11.1 Å². The zero-order valence-electron chi connectivity index (χ0n) is 9.04. The van der Waals surface area contributed by atoms with E-state index in [1.807, 2.05) is 25.3 Å². The highest BCUT2D eigenvalue weighted by Crippen LogP contribution is 2.15. The molecule has 0 aliphatic rings. The predicted octanol–water partition coefficient (Wildman–Crippen LogP) is 1.67. The maximum absolute atomic E-state index is 11.8. The zero-order valence-corrected chi connectivity index (χ0v) is 9.86. The summed E-state index contributed by atoms with van der Waals surface area (Å²) in [5, 5.41) is 2.84. The average Bonchev–Trinajstić information content (AvgIpc) is 2.18. The molecule has 1 aromatic carbocycles. The van der Waals surface area contributed by atoms with Crippen LogP contribution in [0.3, 0.4) is 0 Å². The molecular formula is C11H16N2OS. The summed E-state index contributed by atoms with van der Waals surface area (Å²) < 4.78 is 0. The number of nitrogens with two attached hydrogens (primary N) is 1.